The molecule has 0 bridgehead atoms. The van der Waals surface area contributed by atoms with Crippen LogP contribution in [-0.2, 0) is 0 Å². The van der Waals surface area contributed by atoms with Gasteiger partial charge in [0.05, 0.1) is 6.61 Å². The van der Waals surface area contributed by atoms with E-state index in [1.807, 2.05) is 24.3 Å². The Labute approximate surface area is 97.2 Å². The topological polar surface area (TPSA) is 55.5 Å². The van der Waals surface area contributed by atoms with Crippen LogP contribution >= 0.6 is 0 Å². The van der Waals surface area contributed by atoms with E-state index in [1.165, 1.54) is 0 Å². The van der Waals surface area contributed by atoms with Crippen LogP contribution in [0.1, 0.15) is 31.2 Å². The molecule has 1 atom stereocenters. The molecule has 0 spiro atoms. The molecule has 1 aromatic carbocycles. The Balaban J connectivity index is 2.71. The summed E-state index contributed by atoms with van der Waals surface area (Å²) in [6.45, 7) is 3.54. The molecular formula is C13H21NO2. The van der Waals surface area contributed by atoms with E-state index in [-0.39, 0.29) is 12.5 Å². The predicted molar refractivity (Wildman–Crippen MR) is 65.7 cm³/mol. The average molecular weight is 223 g/mol. The fraction of sp³-hybridized carbons (Fsp3) is 0.538. The van der Waals surface area contributed by atoms with Gasteiger partial charge in [-0.1, -0.05) is 19.1 Å². The molecule has 0 aliphatic carbocycles. The molecule has 0 radical (unpaired) electrons. The Morgan fingerprint density at radius 1 is 1.44 bits per heavy atom. The lowest BCUT2D eigenvalue weighted by Crippen LogP contribution is -2.14. The Morgan fingerprint density at radius 2 is 2.25 bits per heavy atom. The summed E-state index contributed by atoms with van der Waals surface area (Å²) in [4.78, 5) is 0. The van der Waals surface area contributed by atoms with Crippen LogP contribution in [0.4, 0.5) is 0 Å². The summed E-state index contributed by atoms with van der Waals surface area (Å²) in [6, 6.07) is 7.97. The van der Waals surface area contributed by atoms with E-state index in [9.17, 15) is 0 Å². The van der Waals surface area contributed by atoms with Crippen molar-refractivity contribution in [3.05, 3.63) is 29.8 Å². The summed E-state index contributed by atoms with van der Waals surface area (Å²) in [5, 5.41) is 8.95. The Bertz CT molecular complexity index is 302. The molecule has 3 heteroatoms. The minimum absolute atomic E-state index is 0.169. The van der Waals surface area contributed by atoms with E-state index in [0.29, 0.717) is 13.0 Å². The first-order valence-electron chi connectivity index (χ1n) is 5.85. The van der Waals surface area contributed by atoms with Gasteiger partial charge in [-0.15, -0.1) is 0 Å². The van der Waals surface area contributed by atoms with Crippen molar-refractivity contribution in [3.63, 3.8) is 0 Å². The molecular weight excluding hydrogens is 202 g/mol. The van der Waals surface area contributed by atoms with Gasteiger partial charge >= 0.3 is 0 Å². The zero-order valence-corrected chi connectivity index (χ0v) is 9.86. The number of nitrogens with two attached hydrogens (primary N) is 1. The molecule has 0 saturated heterocycles. The van der Waals surface area contributed by atoms with Gasteiger partial charge in [0, 0.05) is 6.61 Å². The third-order valence-corrected chi connectivity index (χ3v) is 2.56. The zero-order chi connectivity index (χ0) is 11.8. The van der Waals surface area contributed by atoms with E-state index in [1.54, 1.807) is 0 Å². The molecule has 0 aromatic heterocycles. The van der Waals surface area contributed by atoms with Crippen LogP contribution in [0.2, 0.25) is 0 Å². The SMILES string of the molecule is CCCOc1cccc(C(CN)CCO)c1. The molecule has 3 nitrogen and oxygen atoms in total. The van der Waals surface area contributed by atoms with Gasteiger partial charge in [-0.3, -0.25) is 0 Å². The molecule has 3 N–H and O–H groups in total. The highest BCUT2D eigenvalue weighted by Gasteiger charge is 2.09. The highest BCUT2D eigenvalue weighted by Crippen LogP contribution is 2.22. The first-order valence-corrected chi connectivity index (χ1v) is 5.85. The van der Waals surface area contributed by atoms with Crippen molar-refractivity contribution in [1.29, 1.82) is 0 Å². The number of hydrogen-bond acceptors (Lipinski definition) is 3. The second-order valence-electron chi connectivity index (χ2n) is 3.87. The molecule has 1 aromatic rings. The van der Waals surface area contributed by atoms with E-state index >= 15 is 0 Å². The van der Waals surface area contributed by atoms with Crippen LogP contribution in [0.25, 0.3) is 0 Å². The Hall–Kier alpha value is -1.06. The lowest BCUT2D eigenvalue weighted by molar-refractivity contribution is 0.276. The van der Waals surface area contributed by atoms with Gasteiger partial charge in [0.2, 0.25) is 0 Å². The predicted octanol–water partition coefficient (Wildman–Crippen LogP) is 1.90. The van der Waals surface area contributed by atoms with Crippen LogP contribution in [0.5, 0.6) is 5.75 Å². The summed E-state index contributed by atoms with van der Waals surface area (Å²) in [7, 11) is 0. The lowest BCUT2D eigenvalue weighted by atomic mass is 9.96. The Morgan fingerprint density at radius 3 is 2.88 bits per heavy atom. The second kappa shape index (κ2) is 7.25. The quantitative estimate of drug-likeness (QED) is 0.742. The van der Waals surface area contributed by atoms with Gasteiger partial charge < -0.3 is 15.6 Å². The standard InChI is InChI=1S/C13H21NO2/c1-2-8-16-13-5-3-4-11(9-13)12(10-14)6-7-15/h3-5,9,12,15H,2,6-8,10,14H2,1H3. The maximum absolute atomic E-state index is 8.95. The van der Waals surface area contributed by atoms with Crippen LogP contribution < -0.4 is 10.5 Å². The molecule has 0 aliphatic rings. The molecule has 0 amide bonds. The molecule has 16 heavy (non-hydrogen) atoms. The van der Waals surface area contributed by atoms with Gasteiger partial charge in [-0.25, -0.2) is 0 Å². The average Bonchev–Trinajstić information content (AvgIpc) is 2.33. The van der Waals surface area contributed by atoms with Crippen molar-refractivity contribution in [2.45, 2.75) is 25.7 Å². The van der Waals surface area contributed by atoms with Crippen molar-refractivity contribution in [2.75, 3.05) is 19.8 Å². The molecule has 90 valence electrons. The minimum Gasteiger partial charge on any atom is -0.494 e. The molecule has 0 saturated carbocycles. The van der Waals surface area contributed by atoms with Crippen molar-refractivity contribution >= 4 is 0 Å². The van der Waals surface area contributed by atoms with Crippen LogP contribution in [0.3, 0.4) is 0 Å². The van der Waals surface area contributed by atoms with Crippen LogP contribution in [0.15, 0.2) is 24.3 Å². The first kappa shape index (κ1) is 13.0. The molecule has 1 rings (SSSR count). The van der Waals surface area contributed by atoms with Gasteiger partial charge in [0.25, 0.3) is 0 Å². The summed E-state index contributed by atoms with van der Waals surface area (Å²) in [5.41, 5.74) is 6.83. The largest absolute Gasteiger partial charge is 0.494 e. The second-order valence-corrected chi connectivity index (χ2v) is 3.87. The third kappa shape index (κ3) is 3.83. The van der Waals surface area contributed by atoms with E-state index in [2.05, 4.69) is 6.92 Å². The van der Waals surface area contributed by atoms with Crippen molar-refractivity contribution in [3.8, 4) is 5.75 Å². The van der Waals surface area contributed by atoms with Crippen molar-refractivity contribution in [1.82, 2.24) is 0 Å². The normalized spacial score (nSPS) is 12.4. The first-order chi connectivity index (χ1) is 7.81. The number of aliphatic hydroxyl groups excluding tert-OH is 1. The van der Waals surface area contributed by atoms with Crippen LogP contribution in [0, 0.1) is 0 Å². The number of aliphatic hydroxyl groups is 1. The van der Waals surface area contributed by atoms with E-state index in [4.69, 9.17) is 15.6 Å². The summed E-state index contributed by atoms with van der Waals surface area (Å²) in [6.07, 6.45) is 1.70. The Kier molecular flexibility index (Phi) is 5.90. The van der Waals surface area contributed by atoms with Gasteiger partial charge in [0.1, 0.15) is 5.75 Å². The van der Waals surface area contributed by atoms with Gasteiger partial charge in [-0.05, 0) is 43.0 Å². The van der Waals surface area contributed by atoms with Crippen molar-refractivity contribution in [2.24, 2.45) is 5.73 Å². The van der Waals surface area contributed by atoms with E-state index < -0.39 is 0 Å². The highest BCUT2D eigenvalue weighted by molar-refractivity contribution is 5.31. The fourth-order valence-corrected chi connectivity index (χ4v) is 1.65. The number of rotatable bonds is 7. The third-order valence-electron chi connectivity index (χ3n) is 2.56. The summed E-state index contributed by atoms with van der Waals surface area (Å²) in [5.74, 6) is 1.10. The number of hydrogen-bond donors (Lipinski definition) is 2. The molecule has 0 aliphatic heterocycles. The maximum atomic E-state index is 8.95. The summed E-state index contributed by atoms with van der Waals surface area (Å²) < 4.78 is 5.57. The minimum atomic E-state index is 0.169. The van der Waals surface area contributed by atoms with E-state index in [0.717, 1.165) is 24.3 Å². The maximum Gasteiger partial charge on any atom is 0.119 e. The van der Waals surface area contributed by atoms with Crippen LogP contribution in [-0.4, -0.2) is 24.9 Å². The number of ether oxygens (including phenoxy) is 1. The molecule has 1 unspecified atom stereocenters. The molecule has 0 fully saturated rings. The zero-order valence-electron chi connectivity index (χ0n) is 9.86. The monoisotopic (exact) mass is 223 g/mol. The lowest BCUT2D eigenvalue weighted by Gasteiger charge is -2.15. The fourth-order valence-electron chi connectivity index (χ4n) is 1.65. The van der Waals surface area contributed by atoms with Crippen molar-refractivity contribution < 1.29 is 9.84 Å². The van der Waals surface area contributed by atoms with Gasteiger partial charge in [0.15, 0.2) is 0 Å². The highest BCUT2D eigenvalue weighted by atomic mass is 16.5. The smallest absolute Gasteiger partial charge is 0.119 e. The van der Waals surface area contributed by atoms with Gasteiger partial charge in [-0.2, -0.15) is 0 Å². The summed E-state index contributed by atoms with van der Waals surface area (Å²) >= 11 is 0. The molecule has 0 heterocycles. The number of benzene rings is 1.